The summed E-state index contributed by atoms with van der Waals surface area (Å²) in [6.07, 6.45) is 1.61. The van der Waals surface area contributed by atoms with Crippen molar-refractivity contribution in [3.63, 3.8) is 0 Å². The average Bonchev–Trinajstić information content (AvgIpc) is 3.23. The molecule has 0 saturated heterocycles. The molecule has 156 valence electrons. The standard InChI is InChI=1S/C20H29N3O4.HI/c1-5-21-20(22-14-16(24)17-7-6-12-27-17)23(2)11-10-15-8-9-18(25-3)19(13-15)26-4;/h6-9,12-13,16,24H,5,10-11,14H2,1-4H3,(H,21,22);1H. The Hall–Kier alpha value is -1.94. The highest BCUT2D eigenvalue weighted by Crippen LogP contribution is 2.27. The second kappa shape index (κ2) is 12.5. The van der Waals surface area contributed by atoms with Gasteiger partial charge in [-0.15, -0.1) is 24.0 Å². The molecule has 7 nitrogen and oxygen atoms in total. The fourth-order valence-electron chi connectivity index (χ4n) is 2.65. The number of hydrogen-bond donors (Lipinski definition) is 2. The molecule has 0 aliphatic carbocycles. The summed E-state index contributed by atoms with van der Waals surface area (Å²) in [6, 6.07) is 9.42. The lowest BCUT2D eigenvalue weighted by molar-refractivity contribution is 0.158. The molecule has 0 saturated carbocycles. The van der Waals surface area contributed by atoms with Crippen molar-refractivity contribution in [3.8, 4) is 11.5 Å². The Morgan fingerprint density at radius 3 is 2.61 bits per heavy atom. The Labute approximate surface area is 183 Å². The van der Waals surface area contributed by atoms with E-state index in [2.05, 4.69) is 10.3 Å². The fourth-order valence-corrected chi connectivity index (χ4v) is 2.65. The van der Waals surface area contributed by atoms with Gasteiger partial charge in [0.05, 0.1) is 27.0 Å². The zero-order valence-corrected chi connectivity index (χ0v) is 19.2. The molecular weight excluding hydrogens is 473 g/mol. The van der Waals surface area contributed by atoms with E-state index in [1.165, 1.54) is 0 Å². The normalized spacial score (nSPS) is 12.1. The third kappa shape index (κ3) is 6.90. The zero-order chi connectivity index (χ0) is 19.6. The third-order valence-electron chi connectivity index (χ3n) is 4.17. The quantitative estimate of drug-likeness (QED) is 0.311. The van der Waals surface area contributed by atoms with Crippen LogP contribution in [0.15, 0.2) is 46.0 Å². The van der Waals surface area contributed by atoms with E-state index < -0.39 is 6.10 Å². The molecule has 1 unspecified atom stereocenters. The van der Waals surface area contributed by atoms with Gasteiger partial charge in [0.15, 0.2) is 17.5 Å². The maximum atomic E-state index is 10.2. The molecular formula is C20H30IN3O4. The molecule has 28 heavy (non-hydrogen) atoms. The van der Waals surface area contributed by atoms with Crippen LogP contribution in [0.25, 0.3) is 0 Å². The number of nitrogens with one attached hydrogen (secondary N) is 1. The minimum Gasteiger partial charge on any atom is -0.493 e. The molecule has 0 spiro atoms. The minimum atomic E-state index is -0.757. The van der Waals surface area contributed by atoms with E-state index in [0.717, 1.165) is 42.5 Å². The van der Waals surface area contributed by atoms with Gasteiger partial charge in [0.25, 0.3) is 0 Å². The van der Waals surface area contributed by atoms with E-state index in [1.54, 1.807) is 32.6 Å². The number of aliphatic imine (C=N–C) groups is 1. The summed E-state index contributed by atoms with van der Waals surface area (Å²) in [7, 11) is 5.23. The number of furan rings is 1. The number of methoxy groups -OCH3 is 2. The van der Waals surface area contributed by atoms with E-state index in [4.69, 9.17) is 13.9 Å². The molecule has 2 N–H and O–H groups in total. The number of aliphatic hydroxyl groups excluding tert-OH is 1. The summed E-state index contributed by atoms with van der Waals surface area (Å²) in [5, 5.41) is 13.4. The van der Waals surface area contributed by atoms with E-state index >= 15 is 0 Å². The van der Waals surface area contributed by atoms with Crippen LogP contribution in [0.5, 0.6) is 11.5 Å². The second-order valence-corrected chi connectivity index (χ2v) is 6.09. The molecule has 0 bridgehead atoms. The number of halogens is 1. The molecule has 0 aliphatic heterocycles. The molecule has 2 aromatic rings. The summed E-state index contributed by atoms with van der Waals surface area (Å²) in [6.45, 7) is 3.76. The lowest BCUT2D eigenvalue weighted by Gasteiger charge is -2.22. The molecule has 1 atom stereocenters. The van der Waals surface area contributed by atoms with Crippen LogP contribution in [-0.4, -0.2) is 56.9 Å². The predicted octanol–water partition coefficient (Wildman–Crippen LogP) is 3.09. The van der Waals surface area contributed by atoms with Crippen molar-refractivity contribution in [2.75, 3.05) is 40.9 Å². The van der Waals surface area contributed by atoms with Crippen LogP contribution < -0.4 is 14.8 Å². The van der Waals surface area contributed by atoms with Crippen LogP contribution >= 0.6 is 24.0 Å². The first-order valence-corrected chi connectivity index (χ1v) is 9.00. The summed E-state index contributed by atoms with van der Waals surface area (Å²) in [4.78, 5) is 6.56. The maximum absolute atomic E-state index is 10.2. The number of rotatable bonds is 9. The molecule has 0 aliphatic rings. The van der Waals surface area contributed by atoms with Gasteiger partial charge in [-0.2, -0.15) is 0 Å². The predicted molar refractivity (Wildman–Crippen MR) is 121 cm³/mol. The van der Waals surface area contributed by atoms with Crippen LogP contribution in [0.3, 0.4) is 0 Å². The summed E-state index contributed by atoms with van der Waals surface area (Å²) >= 11 is 0. The van der Waals surface area contributed by atoms with E-state index in [1.807, 2.05) is 37.1 Å². The van der Waals surface area contributed by atoms with Gasteiger partial charge in [-0.1, -0.05) is 6.07 Å². The van der Waals surface area contributed by atoms with Crippen LogP contribution in [0.4, 0.5) is 0 Å². The Balaban J connectivity index is 0.00000392. The third-order valence-corrected chi connectivity index (χ3v) is 4.17. The maximum Gasteiger partial charge on any atom is 0.193 e. The van der Waals surface area contributed by atoms with Crippen LogP contribution in [0.2, 0.25) is 0 Å². The molecule has 0 fully saturated rings. The molecule has 1 aromatic heterocycles. The number of ether oxygens (including phenoxy) is 2. The van der Waals surface area contributed by atoms with Gasteiger partial charge in [0, 0.05) is 20.1 Å². The number of benzene rings is 1. The SMILES string of the molecule is CCNC(=NCC(O)c1ccco1)N(C)CCc1ccc(OC)c(OC)c1.I. The van der Waals surface area contributed by atoms with Gasteiger partial charge < -0.3 is 29.2 Å². The van der Waals surface area contributed by atoms with Crippen LogP contribution in [0.1, 0.15) is 24.4 Å². The van der Waals surface area contributed by atoms with Crippen molar-refractivity contribution < 1.29 is 19.0 Å². The van der Waals surface area contributed by atoms with Crippen molar-refractivity contribution in [2.45, 2.75) is 19.4 Å². The van der Waals surface area contributed by atoms with Crippen molar-refractivity contribution in [1.29, 1.82) is 0 Å². The lowest BCUT2D eigenvalue weighted by atomic mass is 10.1. The highest BCUT2D eigenvalue weighted by molar-refractivity contribution is 14.0. The zero-order valence-electron chi connectivity index (χ0n) is 16.8. The minimum absolute atomic E-state index is 0. The van der Waals surface area contributed by atoms with Gasteiger partial charge >= 0.3 is 0 Å². The van der Waals surface area contributed by atoms with Crippen molar-refractivity contribution in [2.24, 2.45) is 4.99 Å². The van der Waals surface area contributed by atoms with Gasteiger partial charge in [-0.25, -0.2) is 4.99 Å². The van der Waals surface area contributed by atoms with E-state index in [9.17, 15) is 5.11 Å². The first kappa shape index (κ1) is 24.1. The lowest BCUT2D eigenvalue weighted by Crippen LogP contribution is -2.40. The van der Waals surface area contributed by atoms with Crippen molar-refractivity contribution in [1.82, 2.24) is 10.2 Å². The molecule has 0 amide bonds. The van der Waals surface area contributed by atoms with Crippen molar-refractivity contribution in [3.05, 3.63) is 47.9 Å². The monoisotopic (exact) mass is 503 g/mol. The van der Waals surface area contributed by atoms with Gasteiger partial charge in [-0.3, -0.25) is 0 Å². The Morgan fingerprint density at radius 2 is 2.00 bits per heavy atom. The summed E-state index contributed by atoms with van der Waals surface area (Å²) in [5.74, 6) is 2.70. The highest BCUT2D eigenvalue weighted by atomic mass is 127. The highest BCUT2D eigenvalue weighted by Gasteiger charge is 2.12. The summed E-state index contributed by atoms with van der Waals surface area (Å²) in [5.41, 5.74) is 1.14. The number of guanidine groups is 1. The van der Waals surface area contributed by atoms with Crippen LogP contribution in [-0.2, 0) is 6.42 Å². The molecule has 1 aromatic carbocycles. The number of hydrogen-bond acceptors (Lipinski definition) is 5. The van der Waals surface area contributed by atoms with Crippen LogP contribution in [0, 0.1) is 0 Å². The largest absolute Gasteiger partial charge is 0.493 e. The fraction of sp³-hybridized carbons (Fsp3) is 0.450. The molecule has 2 rings (SSSR count). The van der Waals surface area contributed by atoms with Crippen molar-refractivity contribution >= 4 is 29.9 Å². The van der Waals surface area contributed by atoms with Gasteiger partial charge in [0.2, 0.25) is 0 Å². The molecule has 1 heterocycles. The van der Waals surface area contributed by atoms with E-state index in [0.29, 0.717) is 5.76 Å². The topological polar surface area (TPSA) is 79.5 Å². The van der Waals surface area contributed by atoms with Gasteiger partial charge in [-0.05, 0) is 43.2 Å². The number of likely N-dealkylation sites (N-methyl/N-ethyl adjacent to an activating group) is 1. The second-order valence-electron chi connectivity index (χ2n) is 6.09. The average molecular weight is 503 g/mol. The Bertz CT molecular complexity index is 722. The first-order chi connectivity index (χ1) is 13.1. The van der Waals surface area contributed by atoms with E-state index in [-0.39, 0.29) is 30.5 Å². The molecule has 0 radical (unpaired) electrons. The smallest absolute Gasteiger partial charge is 0.193 e. The number of aliphatic hydroxyl groups is 1. The van der Waals surface area contributed by atoms with Gasteiger partial charge in [0.1, 0.15) is 11.9 Å². The Kier molecular flexibility index (Phi) is 10.8. The first-order valence-electron chi connectivity index (χ1n) is 9.00. The number of nitrogens with zero attached hydrogens (tertiary/aromatic N) is 2. The molecule has 8 heteroatoms. The summed E-state index contributed by atoms with van der Waals surface area (Å²) < 4.78 is 15.9. The Morgan fingerprint density at radius 1 is 1.25 bits per heavy atom.